The Labute approximate surface area is 116 Å². The zero-order valence-electron chi connectivity index (χ0n) is 10.6. The third-order valence-electron chi connectivity index (χ3n) is 3.46. The van der Waals surface area contributed by atoms with E-state index in [1.54, 1.807) is 30.3 Å². The van der Waals surface area contributed by atoms with Crippen molar-refractivity contribution in [2.75, 3.05) is 0 Å². The molecular formula is C17H12O3. The molecule has 20 heavy (non-hydrogen) atoms. The zero-order chi connectivity index (χ0) is 14.1. The van der Waals surface area contributed by atoms with E-state index in [1.165, 1.54) is 0 Å². The molecule has 0 saturated carbocycles. The lowest BCUT2D eigenvalue weighted by Gasteiger charge is -2.06. The predicted molar refractivity (Wildman–Crippen MR) is 75.6 cm³/mol. The van der Waals surface area contributed by atoms with Gasteiger partial charge in [-0.05, 0) is 17.2 Å². The molecule has 3 heteroatoms. The highest BCUT2D eigenvalue weighted by molar-refractivity contribution is 6.20. The standard InChI is InChI=1S/C17H12O3/c18-16-13-9-5-4-8-12(13)15(17(19)20)14(16)10-11-6-2-1-3-7-11/h1-10,15H,(H,19,20). The minimum absolute atomic E-state index is 0.197. The molecule has 1 aliphatic carbocycles. The van der Waals surface area contributed by atoms with Crippen LogP contribution in [0.3, 0.4) is 0 Å². The van der Waals surface area contributed by atoms with E-state index >= 15 is 0 Å². The SMILES string of the molecule is O=C1C(=Cc2ccccc2)C(C(=O)O)c2ccccc21. The van der Waals surface area contributed by atoms with E-state index in [9.17, 15) is 14.7 Å². The normalized spacial score (nSPS) is 19.1. The first-order chi connectivity index (χ1) is 9.68. The number of fused-ring (bicyclic) bond motifs is 1. The molecule has 0 aromatic heterocycles. The van der Waals surface area contributed by atoms with Crippen LogP contribution in [0.1, 0.15) is 27.4 Å². The van der Waals surface area contributed by atoms with Gasteiger partial charge in [0, 0.05) is 11.1 Å². The third kappa shape index (κ3) is 1.93. The molecule has 0 fully saturated rings. The van der Waals surface area contributed by atoms with Crippen molar-refractivity contribution in [1.82, 2.24) is 0 Å². The Morgan fingerprint density at radius 3 is 2.35 bits per heavy atom. The maximum Gasteiger partial charge on any atom is 0.315 e. The van der Waals surface area contributed by atoms with Gasteiger partial charge in [-0.1, -0.05) is 54.6 Å². The second-order valence-electron chi connectivity index (χ2n) is 4.70. The molecule has 98 valence electrons. The largest absolute Gasteiger partial charge is 0.481 e. The fraction of sp³-hybridized carbons (Fsp3) is 0.0588. The number of carbonyl (C=O) groups is 2. The van der Waals surface area contributed by atoms with Gasteiger partial charge in [-0.3, -0.25) is 9.59 Å². The summed E-state index contributed by atoms with van der Waals surface area (Å²) in [5.74, 6) is -2.07. The summed E-state index contributed by atoms with van der Waals surface area (Å²) in [5.41, 5.74) is 2.22. The lowest BCUT2D eigenvalue weighted by atomic mass is 9.96. The molecule has 0 heterocycles. The number of rotatable bonds is 2. The number of ketones is 1. The third-order valence-corrected chi connectivity index (χ3v) is 3.46. The molecule has 1 N–H and O–H groups in total. The van der Waals surface area contributed by atoms with Crippen molar-refractivity contribution in [3.8, 4) is 0 Å². The number of benzene rings is 2. The molecule has 0 amide bonds. The summed E-state index contributed by atoms with van der Waals surface area (Å²) >= 11 is 0. The maximum absolute atomic E-state index is 12.4. The zero-order valence-corrected chi connectivity index (χ0v) is 10.6. The molecule has 3 rings (SSSR count). The van der Waals surface area contributed by atoms with Crippen molar-refractivity contribution < 1.29 is 14.7 Å². The van der Waals surface area contributed by atoms with E-state index < -0.39 is 11.9 Å². The Hall–Kier alpha value is -2.68. The summed E-state index contributed by atoms with van der Waals surface area (Å²) in [6.07, 6.45) is 1.67. The van der Waals surface area contributed by atoms with Gasteiger partial charge in [0.15, 0.2) is 5.78 Å². The van der Waals surface area contributed by atoms with Crippen molar-refractivity contribution in [3.05, 3.63) is 76.9 Å². The van der Waals surface area contributed by atoms with Gasteiger partial charge in [0.25, 0.3) is 0 Å². The van der Waals surface area contributed by atoms with Crippen molar-refractivity contribution in [2.45, 2.75) is 5.92 Å². The molecule has 1 unspecified atom stereocenters. The highest BCUT2D eigenvalue weighted by Crippen LogP contribution is 2.38. The molecule has 1 aliphatic rings. The molecule has 2 aromatic carbocycles. The number of hydrogen-bond donors (Lipinski definition) is 1. The van der Waals surface area contributed by atoms with E-state index in [0.717, 1.165) is 5.56 Å². The van der Waals surface area contributed by atoms with Gasteiger partial charge in [-0.15, -0.1) is 0 Å². The number of carboxylic acid groups (broad SMARTS) is 1. The number of Topliss-reactive ketones (excluding diaryl/α,β-unsaturated/α-hetero) is 1. The fourth-order valence-electron chi connectivity index (χ4n) is 2.55. The average Bonchev–Trinajstić information content (AvgIpc) is 2.74. The monoisotopic (exact) mass is 264 g/mol. The summed E-state index contributed by atoms with van der Waals surface area (Å²) in [4.78, 5) is 23.9. The van der Waals surface area contributed by atoms with Gasteiger partial charge in [0.2, 0.25) is 0 Å². The summed E-state index contributed by atoms with van der Waals surface area (Å²) in [5, 5.41) is 9.43. The van der Waals surface area contributed by atoms with Crippen LogP contribution >= 0.6 is 0 Å². The van der Waals surface area contributed by atoms with Crippen LogP contribution < -0.4 is 0 Å². The van der Waals surface area contributed by atoms with E-state index in [4.69, 9.17) is 0 Å². The Kier molecular flexibility index (Phi) is 2.95. The average molecular weight is 264 g/mol. The number of carboxylic acids is 1. The molecule has 2 aromatic rings. The van der Waals surface area contributed by atoms with Crippen LogP contribution in [0.4, 0.5) is 0 Å². The molecule has 3 nitrogen and oxygen atoms in total. The molecule has 0 aliphatic heterocycles. The Bertz CT molecular complexity index is 714. The quantitative estimate of drug-likeness (QED) is 0.848. The first kappa shape index (κ1) is 12.4. The van der Waals surface area contributed by atoms with Crippen molar-refractivity contribution >= 4 is 17.8 Å². The van der Waals surface area contributed by atoms with Gasteiger partial charge in [0.1, 0.15) is 5.92 Å². The van der Waals surface area contributed by atoms with Crippen molar-refractivity contribution in [3.63, 3.8) is 0 Å². The smallest absolute Gasteiger partial charge is 0.315 e. The van der Waals surface area contributed by atoms with Crippen LogP contribution in [0.2, 0.25) is 0 Å². The van der Waals surface area contributed by atoms with E-state index in [0.29, 0.717) is 16.7 Å². The summed E-state index contributed by atoms with van der Waals surface area (Å²) in [6.45, 7) is 0. The molecular weight excluding hydrogens is 252 g/mol. The lowest BCUT2D eigenvalue weighted by molar-refractivity contribution is -0.137. The first-order valence-corrected chi connectivity index (χ1v) is 6.31. The van der Waals surface area contributed by atoms with Gasteiger partial charge >= 0.3 is 5.97 Å². The number of aliphatic carboxylic acids is 1. The molecule has 0 radical (unpaired) electrons. The van der Waals surface area contributed by atoms with Crippen LogP contribution in [0.5, 0.6) is 0 Å². The number of hydrogen-bond acceptors (Lipinski definition) is 2. The van der Waals surface area contributed by atoms with Gasteiger partial charge in [-0.2, -0.15) is 0 Å². The van der Waals surface area contributed by atoms with Gasteiger partial charge in [0.05, 0.1) is 0 Å². The Morgan fingerprint density at radius 2 is 1.65 bits per heavy atom. The van der Waals surface area contributed by atoms with Crippen molar-refractivity contribution in [1.29, 1.82) is 0 Å². The van der Waals surface area contributed by atoms with Gasteiger partial charge in [-0.25, -0.2) is 0 Å². The van der Waals surface area contributed by atoms with Crippen LogP contribution in [0.15, 0.2) is 60.2 Å². The van der Waals surface area contributed by atoms with Crippen molar-refractivity contribution in [2.24, 2.45) is 0 Å². The Morgan fingerprint density at radius 1 is 1.00 bits per heavy atom. The van der Waals surface area contributed by atoms with Gasteiger partial charge < -0.3 is 5.11 Å². The highest BCUT2D eigenvalue weighted by Gasteiger charge is 2.38. The lowest BCUT2D eigenvalue weighted by Crippen LogP contribution is -2.11. The Balaban J connectivity index is 2.15. The predicted octanol–water partition coefficient (Wildman–Crippen LogP) is 3.13. The fourth-order valence-corrected chi connectivity index (χ4v) is 2.55. The van der Waals surface area contributed by atoms with Crippen LogP contribution in [-0.4, -0.2) is 16.9 Å². The summed E-state index contributed by atoms with van der Waals surface area (Å²) < 4.78 is 0. The topological polar surface area (TPSA) is 54.4 Å². The van der Waals surface area contributed by atoms with Crippen LogP contribution in [0, 0.1) is 0 Å². The van der Waals surface area contributed by atoms with E-state index in [1.807, 2.05) is 30.3 Å². The van der Waals surface area contributed by atoms with Crippen LogP contribution in [-0.2, 0) is 4.79 Å². The second kappa shape index (κ2) is 4.78. The minimum atomic E-state index is -0.995. The summed E-state index contributed by atoms with van der Waals surface area (Å²) in [7, 11) is 0. The highest BCUT2D eigenvalue weighted by atomic mass is 16.4. The molecule has 0 saturated heterocycles. The molecule has 0 spiro atoms. The minimum Gasteiger partial charge on any atom is -0.481 e. The van der Waals surface area contributed by atoms with E-state index in [-0.39, 0.29) is 5.78 Å². The molecule has 0 bridgehead atoms. The summed E-state index contributed by atoms with van der Waals surface area (Å²) in [6, 6.07) is 16.2. The van der Waals surface area contributed by atoms with E-state index in [2.05, 4.69) is 0 Å². The number of carbonyl (C=O) groups excluding carboxylic acids is 1. The first-order valence-electron chi connectivity index (χ1n) is 6.31. The van der Waals surface area contributed by atoms with Crippen LogP contribution in [0.25, 0.3) is 6.08 Å². The second-order valence-corrected chi connectivity index (χ2v) is 4.70. The molecule has 1 atom stereocenters. The maximum atomic E-state index is 12.4.